The minimum absolute atomic E-state index is 0.0151. The lowest BCUT2D eigenvalue weighted by molar-refractivity contribution is -0.145. The lowest BCUT2D eigenvalue weighted by Gasteiger charge is -2.41. The van der Waals surface area contributed by atoms with E-state index in [2.05, 4.69) is 0 Å². The predicted octanol–water partition coefficient (Wildman–Crippen LogP) is 1.52. The zero-order valence-electron chi connectivity index (χ0n) is 7.85. The number of rotatable bonds is 0. The Hall–Kier alpha value is -1.18. The molecule has 0 radical (unpaired) electrons. The fourth-order valence-electron chi connectivity index (χ4n) is 2.81. The number of Topliss-reactive ketones (excluding diaryl/α,β-unsaturated/α-hetero) is 2. The maximum atomic E-state index is 11.9. The summed E-state index contributed by atoms with van der Waals surface area (Å²) in [4.78, 5) is 23.9. The molecule has 1 saturated carbocycles. The zero-order valence-corrected chi connectivity index (χ0v) is 7.85. The van der Waals surface area contributed by atoms with Crippen molar-refractivity contribution in [1.29, 1.82) is 0 Å². The van der Waals surface area contributed by atoms with E-state index >= 15 is 0 Å². The Morgan fingerprint density at radius 2 is 1.29 bits per heavy atom. The first-order valence-corrected chi connectivity index (χ1v) is 5.20. The standard InChI is InChI=1S/C12H12O2/c13-11-7-3-1-2-4-8(7)12(14)10-6-5-9(10)11/h1-2,5-10H,3-4H2. The molecular weight excluding hydrogens is 176 g/mol. The van der Waals surface area contributed by atoms with Crippen LogP contribution >= 0.6 is 0 Å². The molecule has 2 heteroatoms. The molecule has 3 aliphatic carbocycles. The zero-order chi connectivity index (χ0) is 9.71. The Labute approximate surface area is 82.7 Å². The van der Waals surface area contributed by atoms with Crippen molar-refractivity contribution in [3.63, 3.8) is 0 Å². The lowest BCUT2D eigenvalue weighted by atomic mass is 9.59. The van der Waals surface area contributed by atoms with Gasteiger partial charge in [-0.2, -0.15) is 0 Å². The van der Waals surface area contributed by atoms with Crippen LogP contribution in [0, 0.1) is 23.7 Å². The molecule has 14 heavy (non-hydrogen) atoms. The van der Waals surface area contributed by atoms with Crippen molar-refractivity contribution >= 4 is 11.6 Å². The second-order valence-electron chi connectivity index (χ2n) is 4.40. The predicted molar refractivity (Wildman–Crippen MR) is 51.5 cm³/mol. The van der Waals surface area contributed by atoms with E-state index in [1.807, 2.05) is 24.3 Å². The molecule has 0 saturated heterocycles. The van der Waals surface area contributed by atoms with Crippen molar-refractivity contribution in [2.75, 3.05) is 0 Å². The molecule has 4 unspecified atom stereocenters. The van der Waals surface area contributed by atoms with E-state index < -0.39 is 0 Å². The molecule has 4 atom stereocenters. The summed E-state index contributed by atoms with van der Waals surface area (Å²) >= 11 is 0. The van der Waals surface area contributed by atoms with Crippen LogP contribution in [0.3, 0.4) is 0 Å². The van der Waals surface area contributed by atoms with Crippen molar-refractivity contribution in [2.24, 2.45) is 23.7 Å². The Balaban J connectivity index is 1.99. The van der Waals surface area contributed by atoms with Gasteiger partial charge in [0.05, 0.1) is 0 Å². The second-order valence-corrected chi connectivity index (χ2v) is 4.40. The maximum Gasteiger partial charge on any atom is 0.144 e. The molecule has 2 nitrogen and oxygen atoms in total. The molecule has 72 valence electrons. The highest BCUT2D eigenvalue weighted by Crippen LogP contribution is 2.43. The third-order valence-electron chi connectivity index (χ3n) is 3.73. The van der Waals surface area contributed by atoms with Gasteiger partial charge in [-0.1, -0.05) is 24.3 Å². The Morgan fingerprint density at radius 1 is 0.857 bits per heavy atom. The first-order chi connectivity index (χ1) is 6.79. The van der Waals surface area contributed by atoms with Crippen molar-refractivity contribution in [2.45, 2.75) is 12.8 Å². The quantitative estimate of drug-likeness (QED) is 0.540. The molecule has 0 aliphatic heterocycles. The van der Waals surface area contributed by atoms with Crippen LogP contribution in [-0.4, -0.2) is 11.6 Å². The Bertz CT molecular complexity index is 331. The molecule has 3 aliphatic rings. The molecule has 0 amide bonds. The fourth-order valence-corrected chi connectivity index (χ4v) is 2.81. The molecular formula is C12H12O2. The highest BCUT2D eigenvalue weighted by molar-refractivity contribution is 6.03. The average molecular weight is 188 g/mol. The molecule has 3 rings (SSSR count). The van der Waals surface area contributed by atoms with Crippen LogP contribution in [0.1, 0.15) is 12.8 Å². The highest BCUT2D eigenvalue weighted by atomic mass is 16.1. The van der Waals surface area contributed by atoms with Crippen LogP contribution < -0.4 is 0 Å². The van der Waals surface area contributed by atoms with Crippen molar-refractivity contribution < 1.29 is 9.59 Å². The summed E-state index contributed by atoms with van der Waals surface area (Å²) in [7, 11) is 0. The summed E-state index contributed by atoms with van der Waals surface area (Å²) in [5, 5.41) is 0. The minimum atomic E-state index is -0.0738. The van der Waals surface area contributed by atoms with E-state index in [0.29, 0.717) is 11.6 Å². The third kappa shape index (κ3) is 0.861. The first-order valence-electron chi connectivity index (χ1n) is 5.20. The fraction of sp³-hybridized carbons (Fsp3) is 0.500. The van der Waals surface area contributed by atoms with Gasteiger partial charge >= 0.3 is 0 Å². The summed E-state index contributed by atoms with van der Waals surface area (Å²) in [5.74, 6) is 0.417. The topological polar surface area (TPSA) is 34.1 Å². The van der Waals surface area contributed by atoms with Crippen LogP contribution in [0.15, 0.2) is 24.3 Å². The summed E-state index contributed by atoms with van der Waals surface area (Å²) in [6.45, 7) is 0. The third-order valence-corrected chi connectivity index (χ3v) is 3.73. The first kappa shape index (κ1) is 8.16. The number of ketones is 2. The lowest BCUT2D eigenvalue weighted by Crippen LogP contribution is -2.49. The molecule has 0 N–H and O–H groups in total. The van der Waals surface area contributed by atoms with Gasteiger partial charge in [-0.3, -0.25) is 9.59 Å². The van der Waals surface area contributed by atoms with E-state index in [0.717, 1.165) is 12.8 Å². The number of carbonyl (C=O) groups is 2. The van der Waals surface area contributed by atoms with Crippen molar-refractivity contribution in [1.82, 2.24) is 0 Å². The van der Waals surface area contributed by atoms with Crippen LogP contribution in [-0.2, 0) is 9.59 Å². The van der Waals surface area contributed by atoms with Crippen LogP contribution in [0.5, 0.6) is 0 Å². The normalized spacial score (nSPS) is 44.3. The maximum absolute atomic E-state index is 11.9. The number of fused-ring (bicyclic) bond motifs is 2. The largest absolute Gasteiger partial charge is 0.299 e. The summed E-state index contributed by atoms with van der Waals surface area (Å²) < 4.78 is 0. The van der Waals surface area contributed by atoms with E-state index in [-0.39, 0.29) is 23.7 Å². The van der Waals surface area contributed by atoms with Gasteiger partial charge in [0.25, 0.3) is 0 Å². The van der Waals surface area contributed by atoms with Gasteiger partial charge in [0.1, 0.15) is 11.6 Å². The second kappa shape index (κ2) is 2.66. The molecule has 0 spiro atoms. The Kier molecular flexibility index (Phi) is 1.55. The van der Waals surface area contributed by atoms with Gasteiger partial charge in [-0.05, 0) is 12.8 Å². The minimum Gasteiger partial charge on any atom is -0.299 e. The van der Waals surface area contributed by atoms with Gasteiger partial charge < -0.3 is 0 Å². The van der Waals surface area contributed by atoms with Crippen molar-refractivity contribution in [3.8, 4) is 0 Å². The molecule has 0 heterocycles. The average Bonchev–Trinajstić information content (AvgIpc) is 2.14. The molecule has 0 aromatic carbocycles. The van der Waals surface area contributed by atoms with Crippen LogP contribution in [0.2, 0.25) is 0 Å². The monoisotopic (exact) mass is 188 g/mol. The number of hydrogen-bond acceptors (Lipinski definition) is 2. The number of carbonyl (C=O) groups excluding carboxylic acids is 2. The van der Waals surface area contributed by atoms with Crippen LogP contribution in [0.25, 0.3) is 0 Å². The van der Waals surface area contributed by atoms with Gasteiger partial charge in [0.15, 0.2) is 0 Å². The number of hydrogen-bond donors (Lipinski definition) is 0. The SMILES string of the molecule is O=C1C2C=CC2C(=O)C2CC=CCC12. The molecule has 0 aromatic rings. The summed E-state index contributed by atoms with van der Waals surface area (Å²) in [5.41, 5.74) is 0. The smallest absolute Gasteiger partial charge is 0.144 e. The molecule has 1 fully saturated rings. The molecule has 0 bridgehead atoms. The van der Waals surface area contributed by atoms with Gasteiger partial charge in [-0.15, -0.1) is 0 Å². The summed E-state index contributed by atoms with van der Waals surface area (Å²) in [6.07, 6.45) is 9.39. The van der Waals surface area contributed by atoms with Gasteiger partial charge in [-0.25, -0.2) is 0 Å². The van der Waals surface area contributed by atoms with E-state index in [4.69, 9.17) is 0 Å². The van der Waals surface area contributed by atoms with E-state index in [1.165, 1.54) is 0 Å². The van der Waals surface area contributed by atoms with Crippen LogP contribution in [0.4, 0.5) is 0 Å². The summed E-state index contributed by atoms with van der Waals surface area (Å²) in [6, 6.07) is 0. The highest BCUT2D eigenvalue weighted by Gasteiger charge is 2.50. The van der Waals surface area contributed by atoms with Gasteiger partial charge in [0, 0.05) is 23.7 Å². The Morgan fingerprint density at radius 3 is 1.64 bits per heavy atom. The van der Waals surface area contributed by atoms with E-state index in [1.54, 1.807) is 0 Å². The number of allylic oxidation sites excluding steroid dienone is 4. The molecule has 0 aromatic heterocycles. The van der Waals surface area contributed by atoms with Gasteiger partial charge in [0.2, 0.25) is 0 Å². The van der Waals surface area contributed by atoms with Crippen molar-refractivity contribution in [3.05, 3.63) is 24.3 Å². The van der Waals surface area contributed by atoms with E-state index in [9.17, 15) is 9.59 Å².